The van der Waals surface area contributed by atoms with Gasteiger partial charge in [0.05, 0.1) is 13.1 Å². The van der Waals surface area contributed by atoms with Gasteiger partial charge < -0.3 is 25.9 Å². The molecule has 1 aromatic carbocycles. The molecule has 4 aromatic rings. The van der Waals surface area contributed by atoms with Crippen LogP contribution in [0.4, 0.5) is 11.8 Å². The largest absolute Gasteiger partial charge is 0.382 e. The molecule has 5 N–H and O–H groups in total. The van der Waals surface area contributed by atoms with E-state index in [0.717, 1.165) is 82.9 Å². The van der Waals surface area contributed by atoms with Gasteiger partial charge in [0.25, 0.3) is 0 Å². The summed E-state index contributed by atoms with van der Waals surface area (Å²) in [5, 5.41) is 15.5. The number of nitrogens with zero attached hydrogens (tertiary/aromatic N) is 7. The second-order valence-electron chi connectivity index (χ2n) is 10.6. The minimum Gasteiger partial charge on any atom is -0.382 e. The summed E-state index contributed by atoms with van der Waals surface area (Å²) in [7, 11) is 0. The Bertz CT molecular complexity index is 1480. The Morgan fingerprint density at radius 3 is 2.59 bits per heavy atom. The predicted octanol–water partition coefficient (Wildman–Crippen LogP) is 2.04. The van der Waals surface area contributed by atoms with Crippen LogP contribution in [0, 0.1) is 0 Å². The quantitative estimate of drug-likeness (QED) is 0.238. The molecule has 0 unspecified atom stereocenters. The number of nitrogens with two attached hydrogens (primary N) is 1. The fourth-order valence-corrected chi connectivity index (χ4v) is 5.61. The summed E-state index contributed by atoms with van der Waals surface area (Å²) in [4.78, 5) is 26.9. The van der Waals surface area contributed by atoms with Crippen LogP contribution in [-0.2, 0) is 26.2 Å². The van der Waals surface area contributed by atoms with Crippen LogP contribution in [0.2, 0.25) is 0 Å². The van der Waals surface area contributed by atoms with E-state index in [9.17, 15) is 4.79 Å². The average Bonchev–Trinajstić information content (AvgIpc) is 3.52. The van der Waals surface area contributed by atoms with Crippen molar-refractivity contribution < 1.29 is 0 Å². The van der Waals surface area contributed by atoms with E-state index in [1.54, 1.807) is 4.57 Å². The zero-order valence-corrected chi connectivity index (χ0v) is 22.5. The lowest BCUT2D eigenvalue weighted by molar-refractivity contribution is 0.199. The summed E-state index contributed by atoms with van der Waals surface area (Å²) in [6.45, 7) is 9.08. The number of fused-ring (bicyclic) bond motifs is 2. The number of nitrogens with one attached hydrogen (secondary N) is 3. The van der Waals surface area contributed by atoms with Gasteiger partial charge in [0, 0.05) is 32.1 Å². The highest BCUT2D eigenvalue weighted by atomic mass is 16.1. The zero-order chi connectivity index (χ0) is 26.8. The number of imidazole rings is 1. The van der Waals surface area contributed by atoms with E-state index in [1.165, 1.54) is 11.4 Å². The minimum absolute atomic E-state index is 0.242. The highest BCUT2D eigenvalue weighted by Gasteiger charge is 2.27. The monoisotopic (exact) mass is 531 g/mol. The van der Waals surface area contributed by atoms with Crippen LogP contribution in [-0.4, -0.2) is 65.4 Å². The summed E-state index contributed by atoms with van der Waals surface area (Å²) in [6.07, 6.45) is 4.28. The van der Waals surface area contributed by atoms with Crippen molar-refractivity contribution in [3.05, 3.63) is 57.5 Å². The van der Waals surface area contributed by atoms with E-state index in [4.69, 9.17) is 5.73 Å². The maximum Gasteiger partial charge on any atom is 0.328 e. The lowest BCUT2D eigenvalue weighted by Gasteiger charge is -2.32. The van der Waals surface area contributed by atoms with Crippen molar-refractivity contribution in [1.29, 1.82) is 0 Å². The molecule has 6 rings (SSSR count). The van der Waals surface area contributed by atoms with Crippen molar-refractivity contribution in [3.63, 3.8) is 0 Å². The van der Waals surface area contributed by atoms with Crippen molar-refractivity contribution in [2.45, 2.75) is 64.7 Å². The molecule has 2 aliphatic heterocycles. The van der Waals surface area contributed by atoms with Gasteiger partial charge in [-0.3, -0.25) is 9.47 Å². The summed E-state index contributed by atoms with van der Waals surface area (Å²) in [5.41, 5.74) is 9.17. The normalized spacial score (nSPS) is 16.5. The van der Waals surface area contributed by atoms with E-state index >= 15 is 0 Å². The number of piperidine rings is 1. The maximum atomic E-state index is 12.7. The SMILES string of the molecule is CCCCNc1nc(N)c2[nH]c(=O)n(Cc3ccc(CN4CCC(c5nnc6n5CCNC6)CC4)cc3)c2n1. The fourth-order valence-electron chi connectivity index (χ4n) is 5.61. The molecule has 0 bridgehead atoms. The second kappa shape index (κ2) is 11.1. The molecule has 2 aliphatic rings. The number of nitrogen functional groups attached to an aromatic ring is 1. The van der Waals surface area contributed by atoms with Gasteiger partial charge in [0.2, 0.25) is 5.95 Å². The van der Waals surface area contributed by atoms with Crippen LogP contribution >= 0.6 is 0 Å². The van der Waals surface area contributed by atoms with E-state index in [-0.39, 0.29) is 11.5 Å². The third-order valence-corrected chi connectivity index (χ3v) is 7.84. The first-order valence-electron chi connectivity index (χ1n) is 14.0. The number of rotatable bonds is 9. The average molecular weight is 532 g/mol. The molecule has 0 amide bonds. The lowest BCUT2D eigenvalue weighted by Crippen LogP contribution is -2.34. The lowest BCUT2D eigenvalue weighted by atomic mass is 9.95. The molecule has 0 radical (unpaired) electrons. The number of aromatic amines is 1. The third-order valence-electron chi connectivity index (χ3n) is 7.84. The van der Waals surface area contributed by atoms with Gasteiger partial charge in [-0.05, 0) is 43.5 Å². The first kappa shape index (κ1) is 25.5. The van der Waals surface area contributed by atoms with Gasteiger partial charge in [-0.2, -0.15) is 9.97 Å². The predicted molar refractivity (Wildman–Crippen MR) is 150 cm³/mol. The number of hydrogen-bond acceptors (Lipinski definition) is 9. The molecule has 39 heavy (non-hydrogen) atoms. The van der Waals surface area contributed by atoms with Crippen LogP contribution in [0.1, 0.15) is 61.3 Å². The van der Waals surface area contributed by atoms with Gasteiger partial charge in [-0.1, -0.05) is 37.6 Å². The van der Waals surface area contributed by atoms with E-state index in [0.29, 0.717) is 29.6 Å². The number of H-pyrrole nitrogens is 1. The number of hydrogen-bond donors (Lipinski definition) is 4. The van der Waals surface area contributed by atoms with E-state index in [1.807, 2.05) is 0 Å². The Balaban J connectivity index is 1.08. The number of aromatic nitrogens is 7. The van der Waals surface area contributed by atoms with Crippen LogP contribution < -0.4 is 22.1 Å². The van der Waals surface area contributed by atoms with Crippen molar-refractivity contribution in [1.82, 2.24) is 44.5 Å². The summed E-state index contributed by atoms with van der Waals surface area (Å²) >= 11 is 0. The second-order valence-corrected chi connectivity index (χ2v) is 10.6. The first-order valence-corrected chi connectivity index (χ1v) is 14.0. The maximum absolute atomic E-state index is 12.7. The third kappa shape index (κ3) is 5.39. The number of anilines is 2. The molecule has 3 aromatic heterocycles. The molecule has 206 valence electrons. The summed E-state index contributed by atoms with van der Waals surface area (Å²) < 4.78 is 3.94. The van der Waals surface area contributed by atoms with Gasteiger partial charge >= 0.3 is 5.69 Å². The molecule has 1 fully saturated rings. The van der Waals surface area contributed by atoms with Gasteiger partial charge in [-0.25, -0.2) is 4.79 Å². The molecule has 0 saturated carbocycles. The highest BCUT2D eigenvalue weighted by Crippen LogP contribution is 2.28. The number of benzene rings is 1. The van der Waals surface area contributed by atoms with E-state index in [2.05, 4.69) is 76.4 Å². The summed E-state index contributed by atoms with van der Waals surface area (Å²) in [6, 6.07) is 8.50. The van der Waals surface area contributed by atoms with Crippen LogP contribution in [0.5, 0.6) is 0 Å². The minimum atomic E-state index is -0.242. The molecule has 12 nitrogen and oxygen atoms in total. The molecule has 0 atom stereocenters. The Labute approximate surface area is 227 Å². The standard InChI is InChI=1S/C27H37N11O/c1-2-3-10-30-26-32-23(28)22-25(33-26)38(27(39)31-22)17-19-6-4-18(5-7-19)16-36-12-8-20(9-13-36)24-35-34-21-15-29-11-14-37(21)24/h4-7,20,29H,2-3,8-17H2,1H3,(H,31,39)(H3,28,30,32,33). The van der Waals surface area contributed by atoms with Gasteiger partial charge in [0.15, 0.2) is 11.5 Å². The highest BCUT2D eigenvalue weighted by molar-refractivity contribution is 5.82. The van der Waals surface area contributed by atoms with Crippen molar-refractivity contribution in [2.24, 2.45) is 0 Å². The Morgan fingerprint density at radius 1 is 1.05 bits per heavy atom. The van der Waals surface area contributed by atoms with Crippen molar-refractivity contribution in [2.75, 3.05) is 37.2 Å². The molecule has 1 saturated heterocycles. The van der Waals surface area contributed by atoms with Gasteiger partial charge in [0.1, 0.15) is 17.2 Å². The molecule has 0 aliphatic carbocycles. The van der Waals surface area contributed by atoms with Crippen molar-refractivity contribution >= 4 is 22.9 Å². The Kier molecular flexibility index (Phi) is 7.29. The van der Waals surface area contributed by atoms with Crippen molar-refractivity contribution in [3.8, 4) is 0 Å². The Hall–Kier alpha value is -3.77. The topological polar surface area (TPSA) is 148 Å². The first-order chi connectivity index (χ1) is 19.1. The summed E-state index contributed by atoms with van der Waals surface area (Å²) in [5.74, 6) is 3.43. The molecular formula is C27H37N11O. The number of likely N-dealkylation sites (tertiary alicyclic amines) is 1. The smallest absolute Gasteiger partial charge is 0.328 e. The van der Waals surface area contributed by atoms with Gasteiger partial charge in [-0.15, -0.1) is 10.2 Å². The van der Waals surface area contributed by atoms with Crippen LogP contribution in [0.25, 0.3) is 11.2 Å². The van der Waals surface area contributed by atoms with Crippen LogP contribution in [0.3, 0.4) is 0 Å². The van der Waals surface area contributed by atoms with Crippen LogP contribution in [0.15, 0.2) is 29.1 Å². The zero-order valence-electron chi connectivity index (χ0n) is 22.5. The Morgan fingerprint density at radius 2 is 1.82 bits per heavy atom. The number of unbranched alkanes of at least 4 members (excludes halogenated alkanes) is 1. The molecule has 12 heteroatoms. The molecular weight excluding hydrogens is 494 g/mol. The molecule has 5 heterocycles. The fraction of sp³-hybridized carbons (Fsp3) is 0.519. The molecule has 0 spiro atoms. The van der Waals surface area contributed by atoms with E-state index < -0.39 is 0 Å².